The number of carbonyl (C=O) groups excluding carboxylic acids is 2. The van der Waals surface area contributed by atoms with Crippen molar-refractivity contribution in [3.8, 4) is 0 Å². The van der Waals surface area contributed by atoms with Gasteiger partial charge < -0.3 is 10.1 Å². The number of carbonyl (C=O) groups is 2. The number of hydrogen-bond acceptors (Lipinski definition) is 4. The Morgan fingerprint density at radius 1 is 1.50 bits per heavy atom. The molecule has 0 aromatic rings. The molecule has 0 aromatic heterocycles. The monoisotopic (exact) mass is 281 g/mol. The second-order valence-electron chi connectivity index (χ2n) is 5.07. The predicted octanol–water partition coefficient (Wildman–Crippen LogP) is 1.56. The van der Waals surface area contributed by atoms with Gasteiger partial charge in [0.25, 0.3) is 0 Å². The maximum atomic E-state index is 12.0. The highest BCUT2D eigenvalue weighted by Crippen LogP contribution is 2.16. The molecule has 0 spiro atoms. The Balaban J connectivity index is 2.38. The molecular weight excluding hydrogens is 258 g/mol. The first-order valence-electron chi connectivity index (χ1n) is 6.68. The maximum Gasteiger partial charge on any atom is 0.336 e. The molecule has 1 heterocycles. The molecule has 6 nitrogen and oxygen atoms in total. The molecule has 0 bridgehead atoms. The molecule has 0 aliphatic carbocycles. The van der Waals surface area contributed by atoms with E-state index < -0.39 is 5.97 Å². The largest absolute Gasteiger partial charge is 0.460 e. The van der Waals surface area contributed by atoms with Gasteiger partial charge in [-0.15, -0.1) is 0 Å². The van der Waals surface area contributed by atoms with Crippen molar-refractivity contribution in [2.45, 2.75) is 33.7 Å². The highest BCUT2D eigenvalue weighted by atomic mass is 16.5. The van der Waals surface area contributed by atoms with E-state index in [2.05, 4.69) is 24.2 Å². The second-order valence-corrected chi connectivity index (χ2v) is 5.07. The van der Waals surface area contributed by atoms with Crippen LogP contribution in [0.1, 0.15) is 27.7 Å². The quantitative estimate of drug-likeness (QED) is 0.466. The van der Waals surface area contributed by atoms with Crippen LogP contribution in [0.25, 0.3) is 0 Å². The summed E-state index contributed by atoms with van der Waals surface area (Å²) in [5, 5.41) is 4.17. The van der Waals surface area contributed by atoms with Crippen LogP contribution in [0.15, 0.2) is 23.9 Å². The Morgan fingerprint density at radius 2 is 2.15 bits per heavy atom. The zero-order valence-electron chi connectivity index (χ0n) is 12.5. The average molecular weight is 281 g/mol. The summed E-state index contributed by atoms with van der Waals surface area (Å²) in [5.41, 5.74) is 4.31. The Labute approximate surface area is 119 Å². The maximum absolute atomic E-state index is 12.0. The Kier molecular flexibility index (Phi) is 5.76. The van der Waals surface area contributed by atoms with Crippen LogP contribution in [0.2, 0.25) is 0 Å². The van der Waals surface area contributed by atoms with Crippen LogP contribution in [0.3, 0.4) is 0 Å². The third-order valence-electron chi connectivity index (χ3n) is 3.14. The number of hydrazine groups is 1. The lowest BCUT2D eigenvalue weighted by Gasteiger charge is -2.34. The van der Waals surface area contributed by atoms with Crippen molar-refractivity contribution in [2.24, 2.45) is 5.92 Å². The molecule has 0 fully saturated rings. The summed E-state index contributed by atoms with van der Waals surface area (Å²) in [6.45, 7) is 11.4. The predicted molar refractivity (Wildman–Crippen MR) is 76.5 cm³/mol. The molecule has 2 amide bonds. The number of nitrogens with zero attached hydrogens (tertiary/aromatic N) is 1. The van der Waals surface area contributed by atoms with E-state index >= 15 is 0 Å². The van der Waals surface area contributed by atoms with E-state index in [9.17, 15) is 9.59 Å². The fraction of sp³-hybridized carbons (Fsp3) is 0.571. The summed E-state index contributed by atoms with van der Waals surface area (Å²) >= 11 is 0. The van der Waals surface area contributed by atoms with Crippen molar-refractivity contribution in [1.29, 1.82) is 0 Å². The standard InChI is InChI=1S/C14H23N3O3/c1-9(2)13(18)20-7-6-15-14(19)17-11(4)8-10(3)12(5)16-17/h8,10,12,16H,1,6-7H2,2-5H3,(H,15,19). The van der Waals surface area contributed by atoms with Gasteiger partial charge in [0.05, 0.1) is 6.54 Å². The number of amides is 2. The van der Waals surface area contributed by atoms with Crippen molar-refractivity contribution in [2.75, 3.05) is 13.2 Å². The van der Waals surface area contributed by atoms with Crippen molar-refractivity contribution < 1.29 is 14.3 Å². The minimum atomic E-state index is -0.450. The van der Waals surface area contributed by atoms with E-state index in [0.29, 0.717) is 11.5 Å². The van der Waals surface area contributed by atoms with E-state index in [1.807, 2.05) is 19.9 Å². The molecule has 1 rings (SSSR count). The first-order chi connectivity index (χ1) is 9.32. The third-order valence-corrected chi connectivity index (χ3v) is 3.14. The smallest absolute Gasteiger partial charge is 0.336 e. The molecule has 0 saturated carbocycles. The van der Waals surface area contributed by atoms with Gasteiger partial charge in [-0.25, -0.2) is 20.0 Å². The molecule has 0 radical (unpaired) electrons. The van der Waals surface area contributed by atoms with Gasteiger partial charge in [0, 0.05) is 17.3 Å². The van der Waals surface area contributed by atoms with Crippen molar-refractivity contribution in [3.05, 3.63) is 23.9 Å². The van der Waals surface area contributed by atoms with Gasteiger partial charge in [0.1, 0.15) is 6.61 Å². The number of rotatable bonds is 4. The zero-order valence-corrected chi connectivity index (χ0v) is 12.5. The van der Waals surface area contributed by atoms with Crippen molar-refractivity contribution in [3.63, 3.8) is 0 Å². The lowest BCUT2D eigenvalue weighted by atomic mass is 10.0. The fourth-order valence-electron chi connectivity index (χ4n) is 1.75. The van der Waals surface area contributed by atoms with E-state index in [4.69, 9.17) is 4.74 Å². The van der Waals surface area contributed by atoms with Crippen LogP contribution in [0.4, 0.5) is 4.79 Å². The lowest BCUT2D eigenvalue weighted by Crippen LogP contribution is -2.54. The van der Waals surface area contributed by atoms with Crippen LogP contribution in [0.5, 0.6) is 0 Å². The Bertz CT molecular complexity index is 431. The van der Waals surface area contributed by atoms with Crippen molar-refractivity contribution >= 4 is 12.0 Å². The van der Waals surface area contributed by atoms with Gasteiger partial charge in [0.2, 0.25) is 0 Å². The van der Waals surface area contributed by atoms with Gasteiger partial charge in [-0.05, 0) is 26.7 Å². The highest BCUT2D eigenvalue weighted by Gasteiger charge is 2.24. The number of allylic oxidation sites excluding steroid dienone is 1. The molecule has 112 valence electrons. The van der Waals surface area contributed by atoms with E-state index in [-0.39, 0.29) is 25.2 Å². The van der Waals surface area contributed by atoms with E-state index in [1.54, 1.807) is 6.92 Å². The zero-order chi connectivity index (χ0) is 15.3. The van der Waals surface area contributed by atoms with Crippen LogP contribution >= 0.6 is 0 Å². The lowest BCUT2D eigenvalue weighted by molar-refractivity contribution is -0.138. The average Bonchev–Trinajstić information content (AvgIpc) is 2.38. The summed E-state index contributed by atoms with van der Waals surface area (Å²) in [5.74, 6) is -0.0792. The Hall–Kier alpha value is -1.82. The van der Waals surface area contributed by atoms with Crippen LogP contribution in [0, 0.1) is 5.92 Å². The van der Waals surface area contributed by atoms with Gasteiger partial charge in [-0.1, -0.05) is 19.6 Å². The molecule has 20 heavy (non-hydrogen) atoms. The number of esters is 1. The highest BCUT2D eigenvalue weighted by molar-refractivity contribution is 5.86. The summed E-state index contributed by atoms with van der Waals surface area (Å²) in [6, 6.07) is -0.0745. The van der Waals surface area contributed by atoms with Crippen LogP contribution in [-0.2, 0) is 9.53 Å². The van der Waals surface area contributed by atoms with E-state index in [0.717, 1.165) is 5.70 Å². The third kappa shape index (κ3) is 4.38. The number of nitrogens with one attached hydrogen (secondary N) is 2. The van der Waals surface area contributed by atoms with Gasteiger partial charge in [-0.2, -0.15) is 0 Å². The Morgan fingerprint density at radius 3 is 2.75 bits per heavy atom. The van der Waals surface area contributed by atoms with Gasteiger partial charge >= 0.3 is 12.0 Å². The fourth-order valence-corrected chi connectivity index (χ4v) is 1.75. The molecule has 0 aromatic carbocycles. The second kappa shape index (κ2) is 7.09. The topological polar surface area (TPSA) is 70.7 Å². The molecular formula is C14H23N3O3. The summed E-state index contributed by atoms with van der Waals surface area (Å²) in [4.78, 5) is 23.1. The van der Waals surface area contributed by atoms with E-state index in [1.165, 1.54) is 5.01 Å². The first kappa shape index (κ1) is 16.2. The summed E-state index contributed by atoms with van der Waals surface area (Å²) in [7, 11) is 0. The van der Waals surface area contributed by atoms with Gasteiger partial charge in [-0.3, -0.25) is 0 Å². The number of hydrogen-bond donors (Lipinski definition) is 2. The molecule has 0 saturated heterocycles. The SMILES string of the molecule is C=C(C)C(=O)OCCNC(=O)N1NC(C)C(C)C=C1C. The molecule has 2 N–H and O–H groups in total. The summed E-state index contributed by atoms with van der Waals surface area (Å²) in [6.07, 6.45) is 2.04. The van der Waals surface area contributed by atoms with Crippen molar-refractivity contribution in [1.82, 2.24) is 15.8 Å². The minimum Gasteiger partial charge on any atom is -0.460 e. The molecule has 1 aliphatic rings. The molecule has 2 unspecified atom stereocenters. The molecule has 6 heteroatoms. The normalized spacial score (nSPS) is 22.0. The molecule has 2 atom stereocenters. The minimum absolute atomic E-state index is 0.125. The summed E-state index contributed by atoms with van der Waals surface area (Å²) < 4.78 is 4.90. The van der Waals surface area contributed by atoms with Crippen LogP contribution < -0.4 is 10.7 Å². The van der Waals surface area contributed by atoms with Crippen LogP contribution in [-0.4, -0.2) is 36.2 Å². The van der Waals surface area contributed by atoms with Gasteiger partial charge in [0.15, 0.2) is 0 Å². The number of urea groups is 1. The first-order valence-corrected chi connectivity index (χ1v) is 6.68. The molecule has 1 aliphatic heterocycles. The number of ether oxygens (including phenoxy) is 1.